The Morgan fingerprint density at radius 3 is 2.62 bits per heavy atom. The van der Waals surface area contributed by atoms with Gasteiger partial charge in [-0.1, -0.05) is 35.9 Å². The van der Waals surface area contributed by atoms with Crippen molar-refractivity contribution in [3.63, 3.8) is 0 Å². The van der Waals surface area contributed by atoms with Gasteiger partial charge in [-0.15, -0.1) is 35.3 Å². The fourth-order valence-electron chi connectivity index (χ4n) is 3.28. The zero-order chi connectivity index (χ0) is 17.5. The maximum atomic E-state index is 6.09. The van der Waals surface area contributed by atoms with E-state index in [1.165, 1.54) is 28.8 Å². The van der Waals surface area contributed by atoms with Crippen LogP contribution in [0.25, 0.3) is 0 Å². The Hall–Kier alpha value is -1.12. The van der Waals surface area contributed by atoms with Gasteiger partial charge < -0.3 is 11.1 Å². The Morgan fingerprint density at radius 1 is 1.23 bits per heavy atom. The third kappa shape index (κ3) is 6.25. The number of rotatable bonds is 7. The zero-order valence-electron chi connectivity index (χ0n) is 15.4. The molecule has 0 aliphatic carbocycles. The van der Waals surface area contributed by atoms with Crippen molar-refractivity contribution in [2.45, 2.75) is 32.2 Å². The maximum Gasteiger partial charge on any atom is 0.188 e. The van der Waals surface area contributed by atoms with Gasteiger partial charge in [-0.3, -0.25) is 9.89 Å². The monoisotopic (exact) mass is 484 g/mol. The lowest BCUT2D eigenvalue weighted by molar-refractivity contribution is 0.251. The number of guanidine groups is 1. The van der Waals surface area contributed by atoms with E-state index in [1.807, 2.05) is 0 Å². The summed E-state index contributed by atoms with van der Waals surface area (Å²) in [6, 6.07) is 13.4. The second-order valence-corrected chi connectivity index (χ2v) is 7.68. The average molecular weight is 484 g/mol. The van der Waals surface area contributed by atoms with Gasteiger partial charge in [0, 0.05) is 11.4 Å². The predicted octanol–water partition coefficient (Wildman–Crippen LogP) is 3.96. The van der Waals surface area contributed by atoms with Crippen molar-refractivity contribution in [1.29, 1.82) is 0 Å². The highest BCUT2D eigenvalue weighted by Crippen LogP contribution is 2.25. The highest BCUT2D eigenvalue weighted by Gasteiger charge is 2.23. The molecule has 1 fully saturated rings. The lowest BCUT2D eigenvalue weighted by atomic mass is 10.0. The number of halogens is 1. The van der Waals surface area contributed by atoms with Gasteiger partial charge in [0.25, 0.3) is 0 Å². The van der Waals surface area contributed by atoms with Crippen molar-refractivity contribution in [1.82, 2.24) is 10.2 Å². The van der Waals surface area contributed by atoms with Gasteiger partial charge in [0.15, 0.2) is 5.96 Å². The third-order valence-corrected chi connectivity index (χ3v) is 5.67. The van der Waals surface area contributed by atoms with E-state index < -0.39 is 0 Å². The summed E-state index contributed by atoms with van der Waals surface area (Å²) in [6.45, 7) is 5.97. The summed E-state index contributed by atoms with van der Waals surface area (Å²) in [5, 5.41) is 5.35. The molecule has 1 unspecified atom stereocenters. The van der Waals surface area contributed by atoms with Gasteiger partial charge in [0.05, 0.1) is 12.6 Å². The van der Waals surface area contributed by atoms with Crippen LogP contribution in [-0.2, 0) is 6.42 Å². The van der Waals surface area contributed by atoms with Crippen LogP contribution in [0.1, 0.15) is 34.9 Å². The van der Waals surface area contributed by atoms with Crippen LogP contribution < -0.4 is 11.1 Å². The number of benzene rings is 1. The Kier molecular flexibility index (Phi) is 8.87. The molecule has 0 amide bonds. The Balaban J connectivity index is 0.00000243. The van der Waals surface area contributed by atoms with E-state index in [4.69, 9.17) is 5.73 Å². The first-order valence-corrected chi connectivity index (χ1v) is 9.97. The Labute approximate surface area is 177 Å². The molecule has 2 heterocycles. The minimum absolute atomic E-state index is 0. The molecule has 1 aliphatic rings. The van der Waals surface area contributed by atoms with Crippen LogP contribution in [0.15, 0.2) is 46.8 Å². The number of nitrogens with two attached hydrogens (primary N) is 1. The van der Waals surface area contributed by atoms with Gasteiger partial charge in [0.2, 0.25) is 0 Å². The summed E-state index contributed by atoms with van der Waals surface area (Å²) < 4.78 is 0. The molecule has 142 valence electrons. The number of hydrogen-bond donors (Lipinski definition) is 2. The molecule has 3 rings (SSSR count). The lowest BCUT2D eigenvalue weighted by Crippen LogP contribution is -2.35. The second kappa shape index (κ2) is 10.9. The van der Waals surface area contributed by atoms with E-state index >= 15 is 0 Å². The van der Waals surface area contributed by atoms with Crippen LogP contribution in [0, 0.1) is 6.92 Å². The highest BCUT2D eigenvalue weighted by atomic mass is 127. The highest BCUT2D eigenvalue weighted by molar-refractivity contribution is 14.0. The Bertz CT molecular complexity index is 664. The van der Waals surface area contributed by atoms with Crippen molar-refractivity contribution >= 4 is 41.3 Å². The average Bonchev–Trinajstić information content (AvgIpc) is 3.30. The molecule has 3 N–H and O–H groups in total. The van der Waals surface area contributed by atoms with E-state index in [-0.39, 0.29) is 24.0 Å². The first-order chi connectivity index (χ1) is 12.2. The SMILES string of the molecule is Cc1ccc(C(CN=C(N)NCCc2cccs2)N2CCCC2)cc1.I. The molecule has 0 radical (unpaired) electrons. The van der Waals surface area contributed by atoms with E-state index in [1.54, 1.807) is 11.3 Å². The molecule has 4 nitrogen and oxygen atoms in total. The van der Waals surface area contributed by atoms with E-state index in [0.29, 0.717) is 18.5 Å². The normalized spacial score (nSPS) is 16.3. The minimum Gasteiger partial charge on any atom is -0.370 e. The van der Waals surface area contributed by atoms with Gasteiger partial charge >= 0.3 is 0 Å². The summed E-state index contributed by atoms with van der Waals surface area (Å²) in [6.07, 6.45) is 3.54. The quantitative estimate of drug-likeness (QED) is 0.356. The van der Waals surface area contributed by atoms with Gasteiger partial charge in [-0.05, 0) is 56.3 Å². The number of aryl methyl sites for hydroxylation is 1. The fraction of sp³-hybridized carbons (Fsp3) is 0.450. The predicted molar refractivity (Wildman–Crippen MR) is 123 cm³/mol. The van der Waals surface area contributed by atoms with Crippen LogP contribution >= 0.6 is 35.3 Å². The first-order valence-electron chi connectivity index (χ1n) is 9.09. The van der Waals surface area contributed by atoms with Crippen molar-refractivity contribution in [3.05, 3.63) is 57.8 Å². The number of thiophene rings is 1. The second-order valence-electron chi connectivity index (χ2n) is 6.65. The summed E-state index contributed by atoms with van der Waals surface area (Å²) in [5.74, 6) is 0.549. The van der Waals surface area contributed by atoms with Gasteiger partial charge in [-0.2, -0.15) is 0 Å². The molecule has 0 bridgehead atoms. The van der Waals surface area contributed by atoms with Crippen molar-refractivity contribution < 1.29 is 0 Å². The van der Waals surface area contributed by atoms with Crippen LogP contribution in [0.2, 0.25) is 0 Å². The molecule has 1 atom stereocenters. The van der Waals surface area contributed by atoms with E-state index in [9.17, 15) is 0 Å². The topological polar surface area (TPSA) is 53.6 Å². The molecule has 0 saturated carbocycles. The summed E-state index contributed by atoms with van der Waals surface area (Å²) in [5.41, 5.74) is 8.72. The molecule has 1 saturated heterocycles. The van der Waals surface area contributed by atoms with E-state index in [0.717, 1.165) is 26.1 Å². The molecule has 6 heteroatoms. The van der Waals surface area contributed by atoms with Crippen LogP contribution in [-0.4, -0.2) is 37.0 Å². The maximum absolute atomic E-state index is 6.09. The summed E-state index contributed by atoms with van der Waals surface area (Å²) in [4.78, 5) is 8.54. The number of likely N-dealkylation sites (tertiary alicyclic amines) is 1. The Morgan fingerprint density at radius 2 is 1.96 bits per heavy atom. The molecule has 2 aromatic rings. The smallest absolute Gasteiger partial charge is 0.188 e. The third-order valence-electron chi connectivity index (χ3n) is 4.74. The largest absolute Gasteiger partial charge is 0.370 e. The van der Waals surface area contributed by atoms with Crippen molar-refractivity contribution in [2.75, 3.05) is 26.2 Å². The first kappa shape index (κ1) is 21.2. The molecule has 26 heavy (non-hydrogen) atoms. The van der Waals surface area contributed by atoms with Crippen LogP contribution in [0.5, 0.6) is 0 Å². The van der Waals surface area contributed by atoms with Crippen molar-refractivity contribution in [3.8, 4) is 0 Å². The van der Waals surface area contributed by atoms with E-state index in [2.05, 4.69) is 63.9 Å². The molecule has 0 spiro atoms. The van der Waals surface area contributed by atoms with Crippen LogP contribution in [0.4, 0.5) is 0 Å². The number of aliphatic imine (C=N–C) groups is 1. The molecule has 1 aromatic heterocycles. The van der Waals surface area contributed by atoms with Crippen molar-refractivity contribution in [2.24, 2.45) is 10.7 Å². The molecular weight excluding hydrogens is 455 g/mol. The number of nitrogens with zero attached hydrogens (tertiary/aromatic N) is 2. The lowest BCUT2D eigenvalue weighted by Gasteiger charge is -2.26. The van der Waals surface area contributed by atoms with Gasteiger partial charge in [0.1, 0.15) is 0 Å². The van der Waals surface area contributed by atoms with Gasteiger partial charge in [-0.25, -0.2) is 0 Å². The molecule has 1 aromatic carbocycles. The zero-order valence-corrected chi connectivity index (χ0v) is 18.5. The standard InChI is InChI=1S/C20H28N4S.HI/c1-16-6-8-17(9-7-16)19(24-12-2-3-13-24)15-23-20(21)22-11-10-18-5-4-14-25-18;/h4-9,14,19H,2-3,10-13,15H2,1H3,(H3,21,22,23);1H. The summed E-state index contributed by atoms with van der Waals surface area (Å²) in [7, 11) is 0. The summed E-state index contributed by atoms with van der Waals surface area (Å²) >= 11 is 1.78. The molecule has 1 aliphatic heterocycles. The number of nitrogens with one attached hydrogen (secondary N) is 1. The van der Waals surface area contributed by atoms with Crippen LogP contribution in [0.3, 0.4) is 0 Å². The molecular formula is C20H29IN4S. The fourth-order valence-corrected chi connectivity index (χ4v) is 3.99. The minimum atomic E-state index is 0. The number of hydrogen-bond acceptors (Lipinski definition) is 3.